The van der Waals surface area contributed by atoms with Gasteiger partial charge in [-0.1, -0.05) is 24.3 Å². The number of nitrogens with one attached hydrogen (secondary N) is 2. The summed E-state index contributed by atoms with van der Waals surface area (Å²) < 4.78 is 5.21. The van der Waals surface area contributed by atoms with Gasteiger partial charge in [0.2, 0.25) is 11.2 Å². The normalized spacial score (nSPS) is 13.7. The lowest BCUT2D eigenvalue weighted by Gasteiger charge is -2.24. The molecule has 1 saturated heterocycles. The topological polar surface area (TPSA) is 156 Å². The first-order valence-electron chi connectivity index (χ1n) is 9.61. The second-order valence-electron chi connectivity index (χ2n) is 7.92. The van der Waals surface area contributed by atoms with Crippen LogP contribution in [0.3, 0.4) is 0 Å². The molecule has 4 N–H and O–H groups in total. The molecule has 4 amide bonds. The van der Waals surface area contributed by atoms with E-state index in [0.29, 0.717) is 18.8 Å². The predicted octanol–water partition coefficient (Wildman–Crippen LogP) is 1.29. The second-order valence-corrected chi connectivity index (χ2v) is 8.26. The minimum Gasteiger partial charge on any atom is -0.444 e. The molecule has 0 aliphatic carbocycles. The van der Waals surface area contributed by atoms with Gasteiger partial charge in [-0.15, -0.1) is 0 Å². The highest BCUT2D eigenvalue weighted by Gasteiger charge is 2.32. The second kappa shape index (κ2) is 9.32. The summed E-state index contributed by atoms with van der Waals surface area (Å²) in [6.45, 7) is 5.44. The van der Waals surface area contributed by atoms with Crippen molar-refractivity contribution in [3.8, 4) is 0 Å². The minimum absolute atomic E-state index is 0.0805. The number of halogens is 1. The summed E-state index contributed by atoms with van der Waals surface area (Å²) in [4.78, 5) is 47.2. The lowest BCUT2D eigenvalue weighted by Crippen LogP contribution is -2.50. The van der Waals surface area contributed by atoms with Gasteiger partial charge < -0.3 is 10.1 Å². The predicted molar refractivity (Wildman–Crippen MR) is 114 cm³/mol. The van der Waals surface area contributed by atoms with E-state index in [2.05, 4.69) is 25.6 Å². The van der Waals surface area contributed by atoms with Gasteiger partial charge in [0.15, 0.2) is 0 Å². The van der Waals surface area contributed by atoms with Crippen molar-refractivity contribution >= 4 is 35.6 Å². The highest BCUT2D eigenvalue weighted by Crippen LogP contribution is 2.15. The third-order valence-electron chi connectivity index (χ3n) is 4.10. The quantitative estimate of drug-likeness (QED) is 0.327. The molecule has 3 rings (SSSR count). The van der Waals surface area contributed by atoms with E-state index >= 15 is 0 Å². The molecular formula is C19H23ClN8O4. The number of rotatable bonds is 6. The molecule has 0 saturated carbocycles. The number of ether oxygens (including phenoxy) is 1. The van der Waals surface area contributed by atoms with Crippen molar-refractivity contribution in [2.45, 2.75) is 39.3 Å². The lowest BCUT2D eigenvalue weighted by molar-refractivity contribution is -0.118. The molecule has 0 unspecified atom stereocenters. The van der Waals surface area contributed by atoms with E-state index in [0.717, 1.165) is 21.3 Å². The molecule has 2 heterocycles. The molecular weight excluding hydrogens is 440 g/mol. The molecule has 1 aromatic heterocycles. The van der Waals surface area contributed by atoms with Gasteiger partial charge in [-0.2, -0.15) is 15.1 Å². The number of amides is 4. The number of anilines is 1. The Hall–Kier alpha value is -3.51. The van der Waals surface area contributed by atoms with E-state index in [1.165, 1.54) is 0 Å². The van der Waals surface area contributed by atoms with E-state index < -0.39 is 23.6 Å². The number of nitrogens with zero attached hydrogens (tertiary/aromatic N) is 5. The molecule has 32 heavy (non-hydrogen) atoms. The van der Waals surface area contributed by atoms with Crippen molar-refractivity contribution < 1.29 is 19.1 Å². The Morgan fingerprint density at radius 2 is 1.88 bits per heavy atom. The van der Waals surface area contributed by atoms with Crippen LogP contribution in [0.1, 0.15) is 37.7 Å². The molecule has 170 valence electrons. The first-order valence-corrected chi connectivity index (χ1v) is 9.99. The van der Waals surface area contributed by atoms with Gasteiger partial charge in [-0.05, 0) is 43.5 Å². The Bertz CT molecular complexity index is 1020. The average molecular weight is 463 g/mol. The molecule has 1 aliphatic rings. The van der Waals surface area contributed by atoms with Gasteiger partial charge in [0.05, 0.1) is 0 Å². The Balaban J connectivity index is 1.64. The number of hydrogen-bond donors (Lipinski definition) is 3. The Kier molecular flexibility index (Phi) is 6.75. The highest BCUT2D eigenvalue weighted by molar-refractivity contribution is 6.28. The molecule has 2 aromatic rings. The monoisotopic (exact) mass is 462 g/mol. The van der Waals surface area contributed by atoms with Crippen molar-refractivity contribution in [1.29, 1.82) is 0 Å². The smallest absolute Gasteiger partial charge is 0.407 e. The van der Waals surface area contributed by atoms with Crippen LogP contribution in [-0.2, 0) is 22.5 Å². The summed E-state index contributed by atoms with van der Waals surface area (Å²) in [7, 11) is 0. The van der Waals surface area contributed by atoms with Gasteiger partial charge in [0.1, 0.15) is 18.0 Å². The Morgan fingerprint density at radius 3 is 2.47 bits per heavy atom. The third-order valence-corrected chi connectivity index (χ3v) is 4.27. The largest absolute Gasteiger partial charge is 0.444 e. The van der Waals surface area contributed by atoms with Crippen molar-refractivity contribution in [3.63, 3.8) is 0 Å². The molecule has 0 spiro atoms. The SMILES string of the molecule is CC(C)(C)OC(=O)NCc1ccc(Cc2nc(Cl)nc(N(N)N3CC(=O)NC3=O)n2)cc1. The van der Waals surface area contributed by atoms with Crippen molar-refractivity contribution in [2.75, 3.05) is 11.7 Å². The maximum absolute atomic E-state index is 11.8. The molecule has 12 nitrogen and oxygen atoms in total. The number of aromatic nitrogens is 3. The first-order chi connectivity index (χ1) is 15.0. The summed E-state index contributed by atoms with van der Waals surface area (Å²) in [6, 6.07) is 6.73. The van der Waals surface area contributed by atoms with Gasteiger partial charge in [0.25, 0.3) is 5.95 Å². The molecule has 1 aromatic carbocycles. The molecule has 0 atom stereocenters. The van der Waals surface area contributed by atoms with E-state index in [-0.39, 0.29) is 17.8 Å². The average Bonchev–Trinajstić information content (AvgIpc) is 3.03. The van der Waals surface area contributed by atoms with E-state index in [4.69, 9.17) is 22.2 Å². The van der Waals surface area contributed by atoms with Crippen LogP contribution in [0.15, 0.2) is 24.3 Å². The molecule has 0 radical (unpaired) electrons. The maximum Gasteiger partial charge on any atom is 0.407 e. The van der Waals surface area contributed by atoms with Crippen LogP contribution in [0.2, 0.25) is 5.28 Å². The van der Waals surface area contributed by atoms with E-state index in [9.17, 15) is 14.4 Å². The number of carbonyl (C=O) groups excluding carboxylic acids is 3. The fourth-order valence-corrected chi connectivity index (χ4v) is 2.89. The Labute approximate surface area is 189 Å². The van der Waals surface area contributed by atoms with Crippen molar-refractivity contribution in [3.05, 3.63) is 46.5 Å². The number of hydrazine groups is 2. The fourth-order valence-electron chi connectivity index (χ4n) is 2.72. The zero-order valence-corrected chi connectivity index (χ0v) is 18.5. The zero-order chi connectivity index (χ0) is 23.5. The number of benzene rings is 1. The first kappa shape index (κ1) is 23.2. The van der Waals surface area contributed by atoms with Crippen LogP contribution < -0.4 is 21.6 Å². The molecule has 1 aliphatic heterocycles. The van der Waals surface area contributed by atoms with Crippen molar-refractivity contribution in [1.82, 2.24) is 30.6 Å². The minimum atomic E-state index is -0.689. The van der Waals surface area contributed by atoms with Crippen LogP contribution in [-0.4, -0.2) is 50.1 Å². The molecule has 13 heteroatoms. The van der Waals surface area contributed by atoms with Crippen LogP contribution in [0, 0.1) is 0 Å². The number of imide groups is 1. The summed E-state index contributed by atoms with van der Waals surface area (Å²) in [6.07, 6.45) is -0.179. The zero-order valence-electron chi connectivity index (χ0n) is 17.8. The summed E-state index contributed by atoms with van der Waals surface area (Å²) >= 11 is 5.99. The fraction of sp³-hybridized carbons (Fsp3) is 0.368. The van der Waals surface area contributed by atoms with Crippen LogP contribution in [0.4, 0.5) is 15.5 Å². The number of urea groups is 1. The number of hydrogen-bond acceptors (Lipinski definition) is 9. The van der Waals surface area contributed by atoms with Gasteiger partial charge in [-0.25, -0.2) is 25.4 Å². The van der Waals surface area contributed by atoms with Gasteiger partial charge in [0, 0.05) is 13.0 Å². The lowest BCUT2D eigenvalue weighted by atomic mass is 10.1. The van der Waals surface area contributed by atoms with Crippen LogP contribution in [0.25, 0.3) is 0 Å². The van der Waals surface area contributed by atoms with Crippen LogP contribution in [0.5, 0.6) is 0 Å². The third kappa shape index (κ3) is 6.25. The number of carbonyl (C=O) groups is 3. The van der Waals surface area contributed by atoms with Gasteiger partial charge in [-0.3, -0.25) is 10.1 Å². The van der Waals surface area contributed by atoms with E-state index in [1.807, 2.05) is 24.3 Å². The molecule has 0 bridgehead atoms. The summed E-state index contributed by atoms with van der Waals surface area (Å²) in [5.74, 6) is 5.64. The van der Waals surface area contributed by atoms with Crippen molar-refractivity contribution in [2.24, 2.45) is 5.84 Å². The van der Waals surface area contributed by atoms with Crippen LogP contribution >= 0.6 is 11.6 Å². The summed E-state index contributed by atoms with van der Waals surface area (Å²) in [5.41, 5.74) is 1.19. The van der Waals surface area contributed by atoms with E-state index in [1.54, 1.807) is 20.8 Å². The standard InChI is InChI=1S/C19H23ClN8O4/c1-19(2,3)32-18(31)22-9-12-6-4-11(5-7-12)8-13-23-15(20)26-16(24-13)28(21)27-10-14(29)25-17(27)30/h4-7H,8-10,21H2,1-3H3,(H,22,31)(H,25,29,30). The maximum atomic E-state index is 11.8. The summed E-state index contributed by atoms with van der Waals surface area (Å²) in [5, 5.41) is 6.49. The number of nitrogens with two attached hydrogens (primary N) is 1. The Morgan fingerprint density at radius 1 is 1.22 bits per heavy atom. The number of alkyl carbamates (subject to hydrolysis) is 1. The highest BCUT2D eigenvalue weighted by atomic mass is 35.5. The van der Waals surface area contributed by atoms with Gasteiger partial charge >= 0.3 is 12.1 Å². The molecule has 1 fully saturated rings.